The second-order valence-corrected chi connectivity index (χ2v) is 7.93. The normalized spacial score (nSPS) is 13.2. The molecule has 5 nitrogen and oxygen atoms in total. The summed E-state index contributed by atoms with van der Waals surface area (Å²) in [6.07, 6.45) is 0.784. The Morgan fingerprint density at radius 1 is 1.33 bits per heavy atom. The maximum absolute atomic E-state index is 12.5. The number of amides is 1. The van der Waals surface area contributed by atoms with Gasteiger partial charge in [0.05, 0.1) is 10.7 Å². The van der Waals surface area contributed by atoms with E-state index in [9.17, 15) is 13.2 Å². The Labute approximate surface area is 130 Å². The van der Waals surface area contributed by atoms with E-state index in [1.165, 1.54) is 19.1 Å². The molecule has 0 aliphatic heterocycles. The summed E-state index contributed by atoms with van der Waals surface area (Å²) >= 11 is 5.92. The van der Waals surface area contributed by atoms with Gasteiger partial charge in [0.25, 0.3) is 0 Å². The largest absolute Gasteiger partial charge is 0.398 e. The highest BCUT2D eigenvalue weighted by Crippen LogP contribution is 2.30. The molecule has 1 amide bonds. The maximum Gasteiger partial charge on any atom is 0.238 e. The molecule has 0 saturated carbocycles. The highest BCUT2D eigenvalue weighted by molar-refractivity contribution is 7.93. The van der Waals surface area contributed by atoms with Crippen LogP contribution in [0.15, 0.2) is 23.1 Å². The highest BCUT2D eigenvalue weighted by Gasteiger charge is 2.32. The zero-order valence-electron chi connectivity index (χ0n) is 12.4. The van der Waals surface area contributed by atoms with Gasteiger partial charge in [-0.1, -0.05) is 31.5 Å². The summed E-state index contributed by atoms with van der Waals surface area (Å²) in [7, 11) is -3.92. The van der Waals surface area contributed by atoms with Gasteiger partial charge in [0.15, 0.2) is 9.84 Å². The van der Waals surface area contributed by atoms with Gasteiger partial charge < -0.3 is 11.1 Å². The fourth-order valence-corrected chi connectivity index (χ4v) is 3.73. The number of rotatable bonds is 6. The van der Waals surface area contributed by atoms with Crippen molar-refractivity contribution in [2.24, 2.45) is 5.92 Å². The Morgan fingerprint density at radius 2 is 1.95 bits per heavy atom. The van der Waals surface area contributed by atoms with Crippen LogP contribution >= 0.6 is 11.6 Å². The Morgan fingerprint density at radius 3 is 2.48 bits per heavy atom. The smallest absolute Gasteiger partial charge is 0.238 e. The first-order valence-electron chi connectivity index (χ1n) is 6.73. The summed E-state index contributed by atoms with van der Waals surface area (Å²) in [6, 6.07) is 4.44. The van der Waals surface area contributed by atoms with Crippen LogP contribution in [0, 0.1) is 5.92 Å². The first-order chi connectivity index (χ1) is 9.67. The fraction of sp³-hybridized carbons (Fsp3) is 0.500. The van der Waals surface area contributed by atoms with Gasteiger partial charge in [-0.3, -0.25) is 4.79 Å². The predicted octanol–water partition coefficient (Wildman–Crippen LogP) is 2.25. The van der Waals surface area contributed by atoms with E-state index in [2.05, 4.69) is 5.32 Å². The SMILES string of the molecule is CC(C)CCNC(=O)C(C)S(=O)(=O)c1c(N)cccc1Cl. The van der Waals surface area contributed by atoms with Crippen LogP contribution in [0.5, 0.6) is 0 Å². The number of benzene rings is 1. The molecule has 118 valence electrons. The van der Waals surface area contributed by atoms with Crippen molar-refractivity contribution >= 4 is 33.0 Å². The zero-order chi connectivity index (χ0) is 16.2. The number of nitrogens with one attached hydrogen (secondary N) is 1. The zero-order valence-corrected chi connectivity index (χ0v) is 14.0. The van der Waals surface area contributed by atoms with Gasteiger partial charge in [0, 0.05) is 6.54 Å². The minimum absolute atomic E-state index is 0.0248. The minimum atomic E-state index is -3.92. The van der Waals surface area contributed by atoms with Crippen LogP contribution in [0.4, 0.5) is 5.69 Å². The standard InChI is InChI=1S/C14H21ClN2O3S/c1-9(2)7-8-17-14(18)10(3)21(19,20)13-11(15)5-4-6-12(13)16/h4-6,9-10H,7-8,16H2,1-3H3,(H,17,18). The van der Waals surface area contributed by atoms with E-state index >= 15 is 0 Å². The molecular formula is C14H21ClN2O3S. The van der Waals surface area contributed by atoms with Gasteiger partial charge in [0.2, 0.25) is 5.91 Å². The first kappa shape index (κ1) is 17.8. The number of halogens is 1. The highest BCUT2D eigenvalue weighted by atomic mass is 35.5. The first-order valence-corrected chi connectivity index (χ1v) is 8.66. The van der Waals surface area contributed by atoms with Gasteiger partial charge in [-0.2, -0.15) is 0 Å². The van der Waals surface area contributed by atoms with Crippen LogP contribution in [-0.2, 0) is 14.6 Å². The summed E-state index contributed by atoms with van der Waals surface area (Å²) < 4.78 is 25.0. The topological polar surface area (TPSA) is 89.3 Å². The Kier molecular flexibility index (Phi) is 6.04. The summed E-state index contributed by atoms with van der Waals surface area (Å²) in [5.74, 6) is -0.119. The van der Waals surface area contributed by atoms with E-state index in [1.807, 2.05) is 13.8 Å². The molecule has 1 aromatic carbocycles. The van der Waals surface area contributed by atoms with Crippen molar-refractivity contribution in [1.82, 2.24) is 5.32 Å². The van der Waals surface area contributed by atoms with Gasteiger partial charge in [-0.05, 0) is 31.4 Å². The summed E-state index contributed by atoms with van der Waals surface area (Å²) in [6.45, 7) is 5.82. The summed E-state index contributed by atoms with van der Waals surface area (Å²) in [4.78, 5) is 11.8. The number of hydrogen-bond acceptors (Lipinski definition) is 4. The number of nitrogens with two attached hydrogens (primary N) is 1. The van der Waals surface area contributed by atoms with E-state index in [1.54, 1.807) is 6.07 Å². The molecule has 0 heterocycles. The molecular weight excluding hydrogens is 312 g/mol. The number of carbonyl (C=O) groups excluding carboxylic acids is 1. The Balaban J connectivity index is 2.94. The van der Waals surface area contributed by atoms with E-state index in [0.717, 1.165) is 6.42 Å². The number of anilines is 1. The monoisotopic (exact) mass is 332 g/mol. The van der Waals surface area contributed by atoms with Crippen molar-refractivity contribution in [3.63, 3.8) is 0 Å². The van der Waals surface area contributed by atoms with Crippen molar-refractivity contribution in [1.29, 1.82) is 0 Å². The van der Waals surface area contributed by atoms with E-state index < -0.39 is 21.0 Å². The number of sulfone groups is 1. The van der Waals surface area contributed by atoms with Gasteiger partial charge in [-0.15, -0.1) is 0 Å². The van der Waals surface area contributed by atoms with Crippen LogP contribution in [0.25, 0.3) is 0 Å². The van der Waals surface area contributed by atoms with Crippen LogP contribution in [-0.4, -0.2) is 26.1 Å². The summed E-state index contributed by atoms with van der Waals surface area (Å²) in [5.41, 5.74) is 5.74. The van der Waals surface area contributed by atoms with Gasteiger partial charge in [0.1, 0.15) is 10.1 Å². The van der Waals surface area contributed by atoms with Crippen LogP contribution in [0.1, 0.15) is 27.2 Å². The predicted molar refractivity (Wildman–Crippen MR) is 85.0 cm³/mol. The number of hydrogen-bond donors (Lipinski definition) is 2. The molecule has 0 radical (unpaired) electrons. The molecule has 0 saturated heterocycles. The molecule has 21 heavy (non-hydrogen) atoms. The average molecular weight is 333 g/mol. The number of carbonyl (C=O) groups is 1. The van der Waals surface area contributed by atoms with Crippen LogP contribution < -0.4 is 11.1 Å². The third-order valence-electron chi connectivity index (χ3n) is 3.14. The van der Waals surface area contributed by atoms with Crippen molar-refractivity contribution in [3.05, 3.63) is 23.2 Å². The quantitative estimate of drug-likeness (QED) is 0.782. The minimum Gasteiger partial charge on any atom is -0.398 e. The van der Waals surface area contributed by atoms with E-state index in [-0.39, 0.29) is 15.6 Å². The average Bonchev–Trinajstić information content (AvgIpc) is 2.36. The third-order valence-corrected chi connectivity index (χ3v) is 5.73. The lowest BCUT2D eigenvalue weighted by Crippen LogP contribution is -2.38. The Hall–Kier alpha value is -1.27. The molecule has 0 aromatic heterocycles. The lowest BCUT2D eigenvalue weighted by molar-refractivity contribution is -0.120. The molecule has 7 heteroatoms. The maximum atomic E-state index is 12.5. The third kappa shape index (κ3) is 4.35. The molecule has 1 unspecified atom stereocenters. The molecule has 0 aliphatic carbocycles. The molecule has 0 spiro atoms. The molecule has 3 N–H and O–H groups in total. The van der Waals surface area contributed by atoms with Gasteiger partial charge >= 0.3 is 0 Å². The molecule has 1 atom stereocenters. The van der Waals surface area contributed by atoms with Crippen molar-refractivity contribution in [2.75, 3.05) is 12.3 Å². The Bertz CT molecular complexity index is 594. The van der Waals surface area contributed by atoms with Crippen LogP contribution in [0.3, 0.4) is 0 Å². The van der Waals surface area contributed by atoms with Crippen LogP contribution in [0.2, 0.25) is 5.02 Å². The van der Waals surface area contributed by atoms with Crippen molar-refractivity contribution in [3.8, 4) is 0 Å². The molecule has 0 aliphatic rings. The van der Waals surface area contributed by atoms with Crippen molar-refractivity contribution in [2.45, 2.75) is 37.3 Å². The lowest BCUT2D eigenvalue weighted by atomic mass is 10.1. The molecule has 0 bridgehead atoms. The summed E-state index contributed by atoms with van der Waals surface area (Å²) in [5, 5.41) is 1.41. The number of nitrogen functional groups attached to an aromatic ring is 1. The second-order valence-electron chi connectivity index (χ2n) is 5.32. The van der Waals surface area contributed by atoms with E-state index in [4.69, 9.17) is 17.3 Å². The van der Waals surface area contributed by atoms with Crippen molar-refractivity contribution < 1.29 is 13.2 Å². The van der Waals surface area contributed by atoms with E-state index in [0.29, 0.717) is 12.5 Å². The lowest BCUT2D eigenvalue weighted by Gasteiger charge is -2.16. The van der Waals surface area contributed by atoms with Gasteiger partial charge in [-0.25, -0.2) is 8.42 Å². The molecule has 1 rings (SSSR count). The molecule has 0 fully saturated rings. The fourth-order valence-electron chi connectivity index (χ4n) is 1.77. The molecule has 1 aromatic rings. The second kappa shape index (κ2) is 7.13.